The summed E-state index contributed by atoms with van der Waals surface area (Å²) in [6, 6.07) is 12.2. The van der Waals surface area contributed by atoms with Crippen LogP contribution in [0.15, 0.2) is 40.2 Å². The van der Waals surface area contributed by atoms with E-state index in [0.717, 1.165) is 22.4 Å². The molecule has 1 amide bonds. The molecule has 3 nitrogen and oxygen atoms in total. The highest BCUT2D eigenvalue weighted by Gasteiger charge is 2.12. The van der Waals surface area contributed by atoms with E-state index in [1.54, 1.807) is 11.3 Å². The minimum atomic E-state index is 0.0485. The molecule has 0 aliphatic heterocycles. The maximum atomic E-state index is 12.0. The van der Waals surface area contributed by atoms with E-state index < -0.39 is 0 Å². The molecule has 2 aromatic rings. The van der Waals surface area contributed by atoms with Crippen molar-refractivity contribution in [1.29, 1.82) is 0 Å². The molecule has 0 saturated carbocycles. The molecular formula is C16H20BrN2OS+. The number of amides is 1. The molecule has 1 heterocycles. The van der Waals surface area contributed by atoms with Gasteiger partial charge in [-0.2, -0.15) is 0 Å². The molecule has 0 spiro atoms. The van der Waals surface area contributed by atoms with Crippen LogP contribution in [0.3, 0.4) is 0 Å². The molecule has 0 saturated heterocycles. The topological polar surface area (TPSA) is 33.5 Å². The molecule has 21 heavy (non-hydrogen) atoms. The van der Waals surface area contributed by atoms with Crippen molar-refractivity contribution in [2.75, 3.05) is 18.9 Å². The Kier molecular flexibility index (Phi) is 5.96. The normalized spacial score (nSPS) is 12.1. The third-order valence-corrected chi connectivity index (χ3v) is 4.84. The highest BCUT2D eigenvalue weighted by atomic mass is 79.9. The Morgan fingerprint density at radius 1 is 1.24 bits per heavy atom. The lowest BCUT2D eigenvalue weighted by Gasteiger charge is -2.13. The number of aryl methyl sites for hydroxylation is 1. The second kappa shape index (κ2) is 7.73. The summed E-state index contributed by atoms with van der Waals surface area (Å²) in [5.74, 6) is 0.0485. The molecule has 2 N–H and O–H groups in total. The zero-order valence-corrected chi connectivity index (χ0v) is 14.7. The van der Waals surface area contributed by atoms with E-state index >= 15 is 0 Å². The van der Waals surface area contributed by atoms with Gasteiger partial charge in [-0.05, 0) is 52.2 Å². The van der Waals surface area contributed by atoms with Gasteiger partial charge in [0.1, 0.15) is 6.54 Å². The van der Waals surface area contributed by atoms with Crippen molar-refractivity contribution in [3.63, 3.8) is 0 Å². The lowest BCUT2D eigenvalue weighted by molar-refractivity contribution is -0.884. The van der Waals surface area contributed by atoms with Gasteiger partial charge >= 0.3 is 0 Å². The number of likely N-dealkylation sites (N-methyl/N-ethyl adjacent to an activating group) is 1. The standard InChI is InChI=1S/C16H19BrN2OS/c1-3-12-4-6-13(7-5-12)18-16(20)11-19(2)10-14-8-9-15(17)21-14/h4-9H,3,10-11H2,1-2H3,(H,18,20)/p+1. The molecule has 1 aromatic carbocycles. The highest BCUT2D eigenvalue weighted by molar-refractivity contribution is 9.11. The molecular weight excluding hydrogens is 348 g/mol. The van der Waals surface area contributed by atoms with Gasteiger partial charge in [-0.15, -0.1) is 11.3 Å². The molecule has 1 unspecified atom stereocenters. The minimum absolute atomic E-state index is 0.0485. The molecule has 0 fully saturated rings. The van der Waals surface area contributed by atoms with Gasteiger partial charge in [-0.25, -0.2) is 0 Å². The number of thiophene rings is 1. The van der Waals surface area contributed by atoms with E-state index in [1.807, 2.05) is 25.2 Å². The third-order valence-electron chi connectivity index (χ3n) is 3.21. The van der Waals surface area contributed by atoms with Crippen LogP contribution in [0.2, 0.25) is 0 Å². The largest absolute Gasteiger partial charge is 0.325 e. The van der Waals surface area contributed by atoms with Crippen LogP contribution >= 0.6 is 27.3 Å². The summed E-state index contributed by atoms with van der Waals surface area (Å²) in [6.07, 6.45) is 1.01. The van der Waals surface area contributed by atoms with E-state index in [0.29, 0.717) is 6.54 Å². The van der Waals surface area contributed by atoms with Crippen molar-refractivity contribution in [3.8, 4) is 0 Å². The van der Waals surface area contributed by atoms with E-state index in [1.165, 1.54) is 15.3 Å². The predicted molar refractivity (Wildman–Crippen MR) is 91.9 cm³/mol. The first-order chi connectivity index (χ1) is 10.1. The van der Waals surface area contributed by atoms with Crippen LogP contribution in [0, 0.1) is 0 Å². The van der Waals surface area contributed by atoms with Gasteiger partial charge in [0.05, 0.1) is 15.7 Å². The van der Waals surface area contributed by atoms with Crippen molar-refractivity contribution < 1.29 is 9.69 Å². The van der Waals surface area contributed by atoms with Crippen molar-refractivity contribution in [2.45, 2.75) is 19.9 Å². The maximum absolute atomic E-state index is 12.0. The molecule has 112 valence electrons. The van der Waals surface area contributed by atoms with Crippen LogP contribution in [0.5, 0.6) is 0 Å². The van der Waals surface area contributed by atoms with Crippen molar-refractivity contribution >= 4 is 38.9 Å². The predicted octanol–water partition coefficient (Wildman–Crippen LogP) is 2.73. The number of carbonyl (C=O) groups excluding carboxylic acids is 1. The Hall–Kier alpha value is -1.17. The van der Waals surface area contributed by atoms with Gasteiger partial charge in [0.25, 0.3) is 5.91 Å². The summed E-state index contributed by atoms with van der Waals surface area (Å²) in [5, 5.41) is 2.95. The maximum Gasteiger partial charge on any atom is 0.279 e. The van der Waals surface area contributed by atoms with Gasteiger partial charge < -0.3 is 10.2 Å². The fraction of sp³-hybridized carbons (Fsp3) is 0.312. The number of hydrogen-bond donors (Lipinski definition) is 2. The lowest BCUT2D eigenvalue weighted by atomic mass is 10.1. The number of anilines is 1. The Morgan fingerprint density at radius 2 is 1.95 bits per heavy atom. The fourth-order valence-corrected chi connectivity index (χ4v) is 3.71. The quantitative estimate of drug-likeness (QED) is 0.808. The number of hydrogen-bond acceptors (Lipinski definition) is 2. The Bertz CT molecular complexity index is 595. The second-order valence-corrected chi connectivity index (χ2v) is 7.66. The zero-order valence-electron chi connectivity index (χ0n) is 12.3. The first-order valence-corrected chi connectivity index (χ1v) is 8.62. The SMILES string of the molecule is CCc1ccc(NC(=O)C[NH+](C)Cc2ccc(Br)s2)cc1. The Labute approximate surface area is 138 Å². The highest BCUT2D eigenvalue weighted by Crippen LogP contribution is 2.21. The molecule has 0 aliphatic rings. The average molecular weight is 368 g/mol. The molecule has 0 aliphatic carbocycles. The van der Waals surface area contributed by atoms with E-state index in [9.17, 15) is 4.79 Å². The first-order valence-electron chi connectivity index (χ1n) is 7.01. The van der Waals surface area contributed by atoms with Crippen LogP contribution in [-0.2, 0) is 17.8 Å². The average Bonchev–Trinajstić information content (AvgIpc) is 2.84. The van der Waals surface area contributed by atoms with Gasteiger partial charge in [-0.1, -0.05) is 19.1 Å². The van der Waals surface area contributed by atoms with Crippen LogP contribution in [0.1, 0.15) is 17.4 Å². The summed E-state index contributed by atoms with van der Waals surface area (Å²) >= 11 is 5.17. The fourth-order valence-electron chi connectivity index (χ4n) is 2.11. The number of nitrogens with one attached hydrogen (secondary N) is 2. The van der Waals surface area contributed by atoms with Gasteiger partial charge in [0.2, 0.25) is 0 Å². The van der Waals surface area contributed by atoms with Crippen molar-refractivity contribution in [1.82, 2.24) is 0 Å². The zero-order chi connectivity index (χ0) is 15.2. The number of carbonyl (C=O) groups is 1. The molecule has 1 aromatic heterocycles. The molecule has 5 heteroatoms. The second-order valence-electron chi connectivity index (χ2n) is 5.12. The minimum Gasteiger partial charge on any atom is -0.325 e. The Morgan fingerprint density at radius 3 is 2.52 bits per heavy atom. The van der Waals surface area contributed by atoms with E-state index in [-0.39, 0.29) is 5.91 Å². The molecule has 2 rings (SSSR count). The first kappa shape index (κ1) is 16.2. The number of benzene rings is 1. The smallest absolute Gasteiger partial charge is 0.279 e. The van der Waals surface area contributed by atoms with Crippen LogP contribution in [0.4, 0.5) is 5.69 Å². The summed E-state index contributed by atoms with van der Waals surface area (Å²) in [4.78, 5) is 14.5. The third kappa shape index (κ3) is 5.26. The monoisotopic (exact) mass is 367 g/mol. The molecule has 1 atom stereocenters. The van der Waals surface area contributed by atoms with Gasteiger partial charge in [0.15, 0.2) is 6.54 Å². The van der Waals surface area contributed by atoms with Crippen molar-refractivity contribution in [3.05, 3.63) is 50.6 Å². The molecule has 0 radical (unpaired) electrons. The summed E-state index contributed by atoms with van der Waals surface area (Å²) < 4.78 is 1.13. The van der Waals surface area contributed by atoms with Gasteiger partial charge in [0, 0.05) is 5.69 Å². The van der Waals surface area contributed by atoms with Gasteiger partial charge in [-0.3, -0.25) is 4.79 Å². The number of rotatable bonds is 6. The molecule has 0 bridgehead atoms. The van der Waals surface area contributed by atoms with Crippen LogP contribution in [-0.4, -0.2) is 19.5 Å². The van der Waals surface area contributed by atoms with Crippen LogP contribution in [0.25, 0.3) is 0 Å². The summed E-state index contributed by atoms with van der Waals surface area (Å²) in [6.45, 7) is 3.44. The number of halogens is 1. The van der Waals surface area contributed by atoms with E-state index in [4.69, 9.17) is 0 Å². The van der Waals surface area contributed by atoms with E-state index in [2.05, 4.69) is 46.4 Å². The van der Waals surface area contributed by atoms with Crippen molar-refractivity contribution in [2.24, 2.45) is 0 Å². The van der Waals surface area contributed by atoms with Crippen LogP contribution < -0.4 is 10.2 Å². The lowest BCUT2D eigenvalue weighted by Crippen LogP contribution is -3.08. The summed E-state index contributed by atoms with van der Waals surface area (Å²) in [7, 11) is 2.04. The Balaban J connectivity index is 1.82. The summed E-state index contributed by atoms with van der Waals surface area (Å²) in [5.41, 5.74) is 2.14. The number of quaternary nitrogens is 1.